The molecule has 6 nitrogen and oxygen atoms in total. The Bertz CT molecular complexity index is 533. The van der Waals surface area contributed by atoms with Crippen molar-refractivity contribution in [3.63, 3.8) is 0 Å². The lowest BCUT2D eigenvalue weighted by molar-refractivity contribution is 0.0947. The number of carbonyl (C=O) groups is 1. The molecular formula is C12H14N4O2. The molecule has 0 aliphatic carbocycles. The minimum atomic E-state index is -0.208. The van der Waals surface area contributed by atoms with Gasteiger partial charge in [-0.05, 0) is 31.2 Å². The Morgan fingerprint density at radius 2 is 2.22 bits per heavy atom. The van der Waals surface area contributed by atoms with Crippen molar-refractivity contribution < 1.29 is 9.21 Å². The number of hydrogen-bond donors (Lipinski definition) is 3. The van der Waals surface area contributed by atoms with Crippen LogP contribution in [-0.2, 0) is 6.54 Å². The highest BCUT2D eigenvalue weighted by Crippen LogP contribution is 2.07. The lowest BCUT2D eigenvalue weighted by Gasteiger charge is -2.04. The summed E-state index contributed by atoms with van der Waals surface area (Å²) in [5, 5.41) is 2.74. The quantitative estimate of drug-likeness (QED) is 0.556. The van der Waals surface area contributed by atoms with Gasteiger partial charge in [0.1, 0.15) is 17.3 Å². The molecular weight excluding hydrogens is 232 g/mol. The number of aryl methyl sites for hydroxylation is 1. The fourth-order valence-corrected chi connectivity index (χ4v) is 1.46. The first-order valence-corrected chi connectivity index (χ1v) is 5.45. The van der Waals surface area contributed by atoms with Crippen LogP contribution in [0, 0.1) is 6.92 Å². The van der Waals surface area contributed by atoms with Gasteiger partial charge in [0, 0.05) is 6.20 Å². The second kappa shape index (κ2) is 5.33. The third-order valence-electron chi connectivity index (χ3n) is 2.39. The van der Waals surface area contributed by atoms with E-state index in [1.807, 2.05) is 19.1 Å². The third-order valence-corrected chi connectivity index (χ3v) is 2.39. The summed E-state index contributed by atoms with van der Waals surface area (Å²) in [7, 11) is 0. The van der Waals surface area contributed by atoms with Crippen LogP contribution in [-0.4, -0.2) is 10.9 Å². The number of hydrazine groups is 1. The topological polar surface area (TPSA) is 93.2 Å². The number of hydrogen-bond acceptors (Lipinski definition) is 5. The van der Waals surface area contributed by atoms with E-state index >= 15 is 0 Å². The van der Waals surface area contributed by atoms with E-state index in [-0.39, 0.29) is 5.91 Å². The predicted octanol–water partition coefficient (Wildman–Crippen LogP) is 1.20. The summed E-state index contributed by atoms with van der Waals surface area (Å²) in [6.07, 6.45) is 1.46. The summed E-state index contributed by atoms with van der Waals surface area (Å²) in [4.78, 5) is 15.7. The molecule has 2 rings (SSSR count). The van der Waals surface area contributed by atoms with Gasteiger partial charge in [-0.3, -0.25) is 4.79 Å². The van der Waals surface area contributed by atoms with Gasteiger partial charge in [0.15, 0.2) is 0 Å². The van der Waals surface area contributed by atoms with Crippen LogP contribution >= 0.6 is 0 Å². The monoisotopic (exact) mass is 246 g/mol. The number of nitrogens with one attached hydrogen (secondary N) is 2. The van der Waals surface area contributed by atoms with Gasteiger partial charge in [0.25, 0.3) is 5.91 Å². The van der Waals surface area contributed by atoms with Crippen LogP contribution in [0.1, 0.15) is 21.9 Å². The van der Waals surface area contributed by atoms with Crippen LogP contribution in [0.5, 0.6) is 0 Å². The van der Waals surface area contributed by atoms with Crippen molar-refractivity contribution in [2.75, 3.05) is 5.43 Å². The number of anilines is 1. The summed E-state index contributed by atoms with van der Waals surface area (Å²) in [5.74, 6) is 7.02. The Labute approximate surface area is 104 Å². The number of carbonyl (C=O) groups excluding carboxylic acids is 1. The van der Waals surface area contributed by atoms with Gasteiger partial charge in [-0.1, -0.05) is 0 Å². The molecule has 18 heavy (non-hydrogen) atoms. The van der Waals surface area contributed by atoms with Gasteiger partial charge < -0.3 is 15.2 Å². The van der Waals surface area contributed by atoms with Gasteiger partial charge in [-0.15, -0.1) is 0 Å². The van der Waals surface area contributed by atoms with Crippen LogP contribution in [0.4, 0.5) is 5.82 Å². The van der Waals surface area contributed by atoms with Gasteiger partial charge >= 0.3 is 0 Å². The van der Waals surface area contributed by atoms with Crippen molar-refractivity contribution in [3.05, 3.63) is 47.5 Å². The molecule has 0 fully saturated rings. The molecule has 0 aliphatic heterocycles. The highest BCUT2D eigenvalue weighted by Gasteiger charge is 2.07. The van der Waals surface area contributed by atoms with Crippen molar-refractivity contribution in [1.29, 1.82) is 0 Å². The number of nitrogens with two attached hydrogens (primary N) is 1. The lowest BCUT2D eigenvalue weighted by atomic mass is 10.2. The number of amides is 1. The molecule has 0 atom stereocenters. The molecule has 2 aromatic heterocycles. The second-order valence-electron chi connectivity index (χ2n) is 3.77. The molecule has 4 N–H and O–H groups in total. The zero-order valence-electron chi connectivity index (χ0n) is 9.93. The first-order valence-electron chi connectivity index (χ1n) is 5.45. The molecule has 0 saturated heterocycles. The first kappa shape index (κ1) is 12.1. The van der Waals surface area contributed by atoms with E-state index < -0.39 is 0 Å². The van der Waals surface area contributed by atoms with Crippen LogP contribution in [0.2, 0.25) is 0 Å². The van der Waals surface area contributed by atoms with E-state index in [0.717, 1.165) is 5.76 Å². The van der Waals surface area contributed by atoms with E-state index in [4.69, 9.17) is 10.3 Å². The molecule has 0 bridgehead atoms. The summed E-state index contributed by atoms with van der Waals surface area (Å²) < 4.78 is 5.35. The number of nitrogens with zero attached hydrogens (tertiary/aromatic N) is 1. The molecule has 6 heteroatoms. The molecule has 0 aliphatic rings. The van der Waals surface area contributed by atoms with Gasteiger partial charge in [0.05, 0.1) is 12.1 Å². The first-order chi connectivity index (χ1) is 8.69. The fraction of sp³-hybridized carbons (Fsp3) is 0.167. The fourth-order valence-electron chi connectivity index (χ4n) is 1.46. The van der Waals surface area contributed by atoms with E-state index in [1.54, 1.807) is 12.1 Å². The highest BCUT2D eigenvalue weighted by atomic mass is 16.3. The molecule has 1 amide bonds. The van der Waals surface area contributed by atoms with Crippen molar-refractivity contribution >= 4 is 11.7 Å². The second-order valence-corrected chi connectivity index (χ2v) is 3.77. The zero-order chi connectivity index (χ0) is 13.0. The molecule has 0 unspecified atom stereocenters. The summed E-state index contributed by atoms with van der Waals surface area (Å²) in [6.45, 7) is 2.21. The Balaban J connectivity index is 1.94. The lowest BCUT2D eigenvalue weighted by Crippen LogP contribution is -2.22. The number of nitrogen functional groups attached to an aromatic ring is 1. The van der Waals surface area contributed by atoms with Crippen molar-refractivity contribution in [3.8, 4) is 0 Å². The van der Waals surface area contributed by atoms with E-state index in [0.29, 0.717) is 23.7 Å². The van der Waals surface area contributed by atoms with Crippen LogP contribution in [0.15, 0.2) is 34.9 Å². The maximum atomic E-state index is 11.8. The Hall–Kier alpha value is -2.34. The largest absolute Gasteiger partial charge is 0.465 e. The number of rotatable bonds is 4. The summed E-state index contributed by atoms with van der Waals surface area (Å²) in [6, 6.07) is 6.96. The normalized spacial score (nSPS) is 10.1. The highest BCUT2D eigenvalue weighted by molar-refractivity contribution is 5.93. The van der Waals surface area contributed by atoms with Crippen molar-refractivity contribution in [2.24, 2.45) is 5.84 Å². The minimum Gasteiger partial charge on any atom is -0.465 e. The van der Waals surface area contributed by atoms with Crippen LogP contribution in [0.25, 0.3) is 0 Å². The smallest absolute Gasteiger partial charge is 0.253 e. The van der Waals surface area contributed by atoms with Gasteiger partial charge in [-0.2, -0.15) is 0 Å². The third kappa shape index (κ3) is 2.86. The molecule has 0 radical (unpaired) electrons. The number of pyridine rings is 1. The van der Waals surface area contributed by atoms with E-state index in [9.17, 15) is 4.79 Å². The average Bonchev–Trinajstić information content (AvgIpc) is 2.82. The molecule has 2 aromatic rings. The summed E-state index contributed by atoms with van der Waals surface area (Å²) in [5.41, 5.74) is 2.87. The Morgan fingerprint density at radius 3 is 2.78 bits per heavy atom. The zero-order valence-corrected chi connectivity index (χ0v) is 9.93. The molecule has 0 spiro atoms. The minimum absolute atomic E-state index is 0.208. The Morgan fingerprint density at radius 1 is 1.39 bits per heavy atom. The molecule has 94 valence electrons. The standard InChI is InChI=1S/C12H14N4O2/c1-8-2-4-10(18-8)7-15-12(17)9-3-5-11(16-13)14-6-9/h2-6H,7,13H2,1H3,(H,14,16)(H,15,17). The van der Waals surface area contributed by atoms with Crippen molar-refractivity contribution in [2.45, 2.75) is 13.5 Å². The SMILES string of the molecule is Cc1ccc(CNC(=O)c2ccc(NN)nc2)o1. The average molecular weight is 246 g/mol. The van der Waals surface area contributed by atoms with Crippen molar-refractivity contribution in [1.82, 2.24) is 10.3 Å². The number of furan rings is 1. The summed E-state index contributed by atoms with van der Waals surface area (Å²) >= 11 is 0. The molecule has 2 heterocycles. The van der Waals surface area contributed by atoms with Crippen LogP contribution < -0.4 is 16.6 Å². The van der Waals surface area contributed by atoms with Crippen LogP contribution in [0.3, 0.4) is 0 Å². The van der Waals surface area contributed by atoms with E-state index in [1.165, 1.54) is 6.20 Å². The maximum Gasteiger partial charge on any atom is 0.253 e. The Kier molecular flexibility index (Phi) is 3.59. The number of aromatic nitrogens is 1. The van der Waals surface area contributed by atoms with Gasteiger partial charge in [0.2, 0.25) is 0 Å². The van der Waals surface area contributed by atoms with Gasteiger partial charge in [-0.25, -0.2) is 10.8 Å². The maximum absolute atomic E-state index is 11.8. The molecule has 0 saturated carbocycles. The molecule has 0 aromatic carbocycles. The predicted molar refractivity (Wildman–Crippen MR) is 66.7 cm³/mol. The van der Waals surface area contributed by atoms with E-state index in [2.05, 4.69) is 15.7 Å².